The van der Waals surface area contributed by atoms with Gasteiger partial charge in [-0.15, -0.1) is 0 Å². The SMILES string of the molecule is NC(=S)C1(C(=O)N2CCC(O)CC2)CCCC1. The van der Waals surface area contributed by atoms with E-state index in [2.05, 4.69) is 0 Å². The van der Waals surface area contributed by atoms with Crippen LogP contribution in [0.3, 0.4) is 0 Å². The number of carbonyl (C=O) groups is 1. The van der Waals surface area contributed by atoms with Crippen molar-refractivity contribution in [1.29, 1.82) is 0 Å². The fourth-order valence-corrected chi connectivity index (χ4v) is 3.21. The van der Waals surface area contributed by atoms with Crippen molar-refractivity contribution < 1.29 is 9.90 Å². The number of hydrogen-bond donors (Lipinski definition) is 2. The summed E-state index contributed by atoms with van der Waals surface area (Å²) < 4.78 is 0. The van der Waals surface area contributed by atoms with Crippen LogP contribution in [0.15, 0.2) is 0 Å². The molecule has 17 heavy (non-hydrogen) atoms. The summed E-state index contributed by atoms with van der Waals surface area (Å²) in [6.45, 7) is 1.26. The molecule has 2 fully saturated rings. The minimum atomic E-state index is -0.586. The standard InChI is InChI=1S/C12H20N2O2S/c13-10(17)12(5-1-2-6-12)11(16)14-7-3-9(15)4-8-14/h9,15H,1-8H2,(H2,13,17). The first-order chi connectivity index (χ1) is 8.06. The number of carbonyl (C=O) groups excluding carboxylic acids is 1. The molecule has 2 rings (SSSR count). The number of rotatable bonds is 2. The van der Waals surface area contributed by atoms with E-state index in [0.29, 0.717) is 30.9 Å². The van der Waals surface area contributed by atoms with Gasteiger partial charge in [0, 0.05) is 13.1 Å². The first-order valence-corrected chi connectivity index (χ1v) is 6.74. The van der Waals surface area contributed by atoms with Gasteiger partial charge in [0.1, 0.15) is 0 Å². The number of nitrogens with zero attached hydrogens (tertiary/aromatic N) is 1. The molecule has 0 unspecified atom stereocenters. The lowest BCUT2D eigenvalue weighted by molar-refractivity contribution is -0.140. The fourth-order valence-electron chi connectivity index (χ4n) is 2.92. The predicted molar refractivity (Wildman–Crippen MR) is 69.5 cm³/mol. The van der Waals surface area contributed by atoms with E-state index in [0.717, 1.165) is 25.7 Å². The van der Waals surface area contributed by atoms with Crippen molar-refractivity contribution in [2.24, 2.45) is 11.1 Å². The Morgan fingerprint density at radius 1 is 1.29 bits per heavy atom. The second-order valence-electron chi connectivity index (χ2n) is 5.18. The number of hydrogen-bond acceptors (Lipinski definition) is 3. The van der Waals surface area contributed by atoms with E-state index in [1.165, 1.54) is 0 Å². The maximum atomic E-state index is 12.5. The molecule has 1 saturated heterocycles. The van der Waals surface area contributed by atoms with Crippen LogP contribution in [-0.2, 0) is 4.79 Å². The third kappa shape index (κ3) is 2.31. The van der Waals surface area contributed by atoms with Crippen LogP contribution in [0.2, 0.25) is 0 Å². The molecule has 0 spiro atoms. The first-order valence-electron chi connectivity index (χ1n) is 6.33. The fraction of sp³-hybridized carbons (Fsp3) is 0.833. The van der Waals surface area contributed by atoms with Gasteiger partial charge in [0.2, 0.25) is 5.91 Å². The Balaban J connectivity index is 2.09. The second kappa shape index (κ2) is 4.90. The molecular weight excluding hydrogens is 236 g/mol. The molecule has 5 heteroatoms. The van der Waals surface area contributed by atoms with E-state index in [4.69, 9.17) is 18.0 Å². The molecule has 1 heterocycles. The molecular formula is C12H20N2O2S. The van der Waals surface area contributed by atoms with Gasteiger partial charge in [0.05, 0.1) is 16.5 Å². The molecule has 0 aromatic heterocycles. The number of amides is 1. The Morgan fingerprint density at radius 2 is 1.82 bits per heavy atom. The topological polar surface area (TPSA) is 66.6 Å². The summed E-state index contributed by atoms with van der Waals surface area (Å²) >= 11 is 5.12. The average molecular weight is 256 g/mol. The van der Waals surface area contributed by atoms with Gasteiger partial charge in [0.15, 0.2) is 0 Å². The van der Waals surface area contributed by atoms with Gasteiger partial charge in [-0.1, -0.05) is 25.1 Å². The molecule has 96 valence electrons. The lowest BCUT2D eigenvalue weighted by Crippen LogP contribution is -2.51. The Morgan fingerprint density at radius 3 is 2.29 bits per heavy atom. The van der Waals surface area contributed by atoms with E-state index in [1.54, 1.807) is 0 Å². The lowest BCUT2D eigenvalue weighted by atomic mass is 9.84. The molecule has 1 saturated carbocycles. The highest BCUT2D eigenvalue weighted by Crippen LogP contribution is 2.40. The summed E-state index contributed by atoms with van der Waals surface area (Å²) in [6, 6.07) is 0. The summed E-state index contributed by atoms with van der Waals surface area (Å²) in [5, 5.41) is 9.46. The van der Waals surface area contributed by atoms with E-state index in [-0.39, 0.29) is 12.0 Å². The Hall–Kier alpha value is -0.680. The van der Waals surface area contributed by atoms with E-state index in [9.17, 15) is 9.90 Å². The highest BCUT2D eigenvalue weighted by atomic mass is 32.1. The largest absolute Gasteiger partial charge is 0.393 e. The van der Waals surface area contributed by atoms with Crippen LogP contribution in [-0.4, -0.2) is 40.1 Å². The van der Waals surface area contributed by atoms with Gasteiger partial charge in [-0.2, -0.15) is 0 Å². The molecule has 0 atom stereocenters. The van der Waals surface area contributed by atoms with E-state index < -0.39 is 5.41 Å². The van der Waals surface area contributed by atoms with Gasteiger partial charge >= 0.3 is 0 Å². The number of likely N-dealkylation sites (tertiary alicyclic amines) is 1. The van der Waals surface area contributed by atoms with Crippen molar-refractivity contribution in [1.82, 2.24) is 4.90 Å². The minimum Gasteiger partial charge on any atom is -0.393 e. The average Bonchev–Trinajstić information content (AvgIpc) is 2.79. The molecule has 0 bridgehead atoms. The van der Waals surface area contributed by atoms with Crippen LogP contribution in [0.5, 0.6) is 0 Å². The predicted octanol–water partition coefficient (Wildman–Crippen LogP) is 0.816. The molecule has 0 aromatic rings. The van der Waals surface area contributed by atoms with Crippen LogP contribution < -0.4 is 5.73 Å². The zero-order chi connectivity index (χ0) is 12.5. The van der Waals surface area contributed by atoms with E-state index in [1.807, 2.05) is 4.90 Å². The van der Waals surface area contributed by atoms with Crippen molar-refractivity contribution in [2.75, 3.05) is 13.1 Å². The van der Waals surface area contributed by atoms with Crippen LogP contribution in [0.1, 0.15) is 38.5 Å². The van der Waals surface area contributed by atoms with Gasteiger partial charge < -0.3 is 15.7 Å². The van der Waals surface area contributed by atoms with Gasteiger partial charge in [-0.3, -0.25) is 4.79 Å². The Bertz CT molecular complexity index is 318. The Kier molecular flexibility index (Phi) is 3.68. The third-order valence-electron chi connectivity index (χ3n) is 4.09. The molecule has 3 N–H and O–H groups in total. The molecule has 0 aromatic carbocycles. The monoisotopic (exact) mass is 256 g/mol. The summed E-state index contributed by atoms with van der Waals surface area (Å²) in [5.41, 5.74) is 5.22. The minimum absolute atomic E-state index is 0.0920. The molecule has 1 aliphatic heterocycles. The number of aliphatic hydroxyl groups is 1. The van der Waals surface area contributed by atoms with Crippen molar-refractivity contribution in [2.45, 2.75) is 44.6 Å². The molecule has 4 nitrogen and oxygen atoms in total. The zero-order valence-electron chi connectivity index (χ0n) is 10.0. The zero-order valence-corrected chi connectivity index (χ0v) is 10.8. The maximum absolute atomic E-state index is 12.5. The maximum Gasteiger partial charge on any atom is 0.235 e. The third-order valence-corrected chi connectivity index (χ3v) is 4.48. The number of nitrogens with two attached hydrogens (primary N) is 1. The summed E-state index contributed by atoms with van der Waals surface area (Å²) in [7, 11) is 0. The first kappa shape index (κ1) is 12.8. The number of thiocarbonyl (C=S) groups is 1. The van der Waals surface area contributed by atoms with Gasteiger partial charge in [-0.25, -0.2) is 0 Å². The van der Waals surface area contributed by atoms with E-state index >= 15 is 0 Å². The summed E-state index contributed by atoms with van der Waals surface area (Å²) in [5.74, 6) is 0.0920. The number of piperidine rings is 1. The highest BCUT2D eigenvalue weighted by molar-refractivity contribution is 7.80. The second-order valence-corrected chi connectivity index (χ2v) is 5.62. The van der Waals surface area contributed by atoms with Crippen molar-refractivity contribution in [3.05, 3.63) is 0 Å². The van der Waals surface area contributed by atoms with Crippen LogP contribution in [0.4, 0.5) is 0 Å². The highest BCUT2D eigenvalue weighted by Gasteiger charge is 2.46. The van der Waals surface area contributed by atoms with Gasteiger partial charge in [-0.05, 0) is 25.7 Å². The van der Waals surface area contributed by atoms with Crippen molar-refractivity contribution in [3.8, 4) is 0 Å². The van der Waals surface area contributed by atoms with Gasteiger partial charge in [0.25, 0.3) is 0 Å². The van der Waals surface area contributed by atoms with Crippen molar-refractivity contribution in [3.63, 3.8) is 0 Å². The van der Waals surface area contributed by atoms with Crippen LogP contribution in [0.25, 0.3) is 0 Å². The smallest absolute Gasteiger partial charge is 0.235 e. The molecule has 1 amide bonds. The molecule has 2 aliphatic rings. The summed E-state index contributed by atoms with van der Waals surface area (Å²) in [4.78, 5) is 14.7. The quantitative estimate of drug-likeness (QED) is 0.718. The molecule has 0 radical (unpaired) electrons. The van der Waals surface area contributed by atoms with Crippen LogP contribution >= 0.6 is 12.2 Å². The lowest BCUT2D eigenvalue weighted by Gasteiger charge is -2.36. The summed E-state index contributed by atoms with van der Waals surface area (Å²) in [6.07, 6.45) is 4.71. The normalized spacial score (nSPS) is 24.9. The molecule has 1 aliphatic carbocycles. The van der Waals surface area contributed by atoms with Crippen LogP contribution in [0, 0.1) is 5.41 Å². The van der Waals surface area contributed by atoms with Crippen molar-refractivity contribution >= 4 is 23.1 Å². The number of aliphatic hydroxyl groups excluding tert-OH is 1. The Labute approximate surface area is 107 Å².